The smallest absolute Gasteiger partial charge is 0.209 e. The maximum atomic E-state index is 10.8. The van der Waals surface area contributed by atoms with Crippen LogP contribution in [-0.4, -0.2) is 59.0 Å². The average Bonchev–Trinajstić information content (AvgIpc) is 3.12. The first-order chi connectivity index (χ1) is 12.8. The molecule has 7 nitrogen and oxygen atoms in total. The highest BCUT2D eigenvalue weighted by Gasteiger charge is 2.17. The van der Waals surface area contributed by atoms with Crippen LogP contribution in [0.2, 0.25) is 0 Å². The van der Waals surface area contributed by atoms with E-state index in [0.717, 1.165) is 57.2 Å². The van der Waals surface area contributed by atoms with Crippen molar-refractivity contribution < 1.29 is 4.79 Å². The second kappa shape index (κ2) is 7.43. The number of piperazine rings is 1. The summed E-state index contributed by atoms with van der Waals surface area (Å²) < 4.78 is 0. The monoisotopic (exact) mass is 350 g/mol. The van der Waals surface area contributed by atoms with Crippen molar-refractivity contribution in [1.82, 2.24) is 19.9 Å². The predicted molar refractivity (Wildman–Crippen MR) is 102 cm³/mol. The van der Waals surface area contributed by atoms with Gasteiger partial charge in [-0.25, -0.2) is 9.97 Å². The van der Waals surface area contributed by atoms with Gasteiger partial charge >= 0.3 is 0 Å². The summed E-state index contributed by atoms with van der Waals surface area (Å²) in [4.78, 5) is 26.8. The number of H-pyrrole nitrogens is 1. The molecule has 26 heavy (non-hydrogen) atoms. The van der Waals surface area contributed by atoms with Gasteiger partial charge < -0.3 is 20.1 Å². The Labute approximate surface area is 152 Å². The number of hydrogen-bond donors (Lipinski definition) is 2. The zero-order chi connectivity index (χ0) is 17.8. The van der Waals surface area contributed by atoms with Crippen LogP contribution in [-0.2, 0) is 11.2 Å². The third-order valence-electron chi connectivity index (χ3n) is 4.82. The van der Waals surface area contributed by atoms with E-state index in [4.69, 9.17) is 0 Å². The van der Waals surface area contributed by atoms with Crippen molar-refractivity contribution in [1.29, 1.82) is 0 Å². The summed E-state index contributed by atoms with van der Waals surface area (Å²) >= 11 is 0. The number of amides is 1. The lowest BCUT2D eigenvalue weighted by Gasteiger charge is -2.33. The fourth-order valence-corrected chi connectivity index (χ4v) is 3.34. The van der Waals surface area contributed by atoms with E-state index in [9.17, 15) is 4.79 Å². The molecule has 7 heteroatoms. The number of para-hydroxylation sites is 1. The van der Waals surface area contributed by atoms with Crippen LogP contribution in [0.5, 0.6) is 0 Å². The molecule has 0 radical (unpaired) electrons. The van der Waals surface area contributed by atoms with Gasteiger partial charge in [-0.15, -0.1) is 0 Å². The maximum Gasteiger partial charge on any atom is 0.209 e. The highest BCUT2D eigenvalue weighted by molar-refractivity contribution is 5.83. The molecule has 1 fully saturated rings. The van der Waals surface area contributed by atoms with Gasteiger partial charge in [0.25, 0.3) is 0 Å². The molecule has 0 aliphatic carbocycles. The molecule has 0 atom stereocenters. The summed E-state index contributed by atoms with van der Waals surface area (Å²) in [5.74, 6) is 1.73. The molecule has 3 heterocycles. The third-order valence-corrected chi connectivity index (χ3v) is 4.82. The van der Waals surface area contributed by atoms with Crippen molar-refractivity contribution in [3.8, 4) is 0 Å². The zero-order valence-corrected chi connectivity index (χ0v) is 14.6. The van der Waals surface area contributed by atoms with Crippen LogP contribution in [0, 0.1) is 0 Å². The largest absolute Gasteiger partial charge is 0.370 e. The Hall–Kier alpha value is -3.09. The molecule has 1 amide bonds. The molecule has 1 aliphatic rings. The van der Waals surface area contributed by atoms with E-state index in [-0.39, 0.29) is 0 Å². The number of carbonyl (C=O) groups is 1. The number of rotatable bonds is 6. The summed E-state index contributed by atoms with van der Waals surface area (Å²) in [5, 5.41) is 4.66. The summed E-state index contributed by atoms with van der Waals surface area (Å²) in [7, 11) is 0. The molecule has 0 unspecified atom stereocenters. The Morgan fingerprint density at radius 1 is 1.15 bits per heavy atom. The van der Waals surface area contributed by atoms with Gasteiger partial charge in [-0.1, -0.05) is 18.2 Å². The van der Waals surface area contributed by atoms with Gasteiger partial charge in [0.15, 0.2) is 0 Å². The standard InChI is InChI=1S/C19H22N6O/c26-14-24-7-9-25(10-8-24)19-11-18(22-13-23-19)20-6-5-15-12-21-17-4-2-1-3-16(15)17/h1-4,11-14,21H,5-10H2,(H,20,22,23). The summed E-state index contributed by atoms with van der Waals surface area (Å²) in [6.45, 7) is 3.86. The first-order valence-electron chi connectivity index (χ1n) is 8.89. The van der Waals surface area contributed by atoms with Crippen molar-refractivity contribution in [2.45, 2.75) is 6.42 Å². The van der Waals surface area contributed by atoms with Crippen molar-refractivity contribution in [3.63, 3.8) is 0 Å². The van der Waals surface area contributed by atoms with Crippen LogP contribution in [0.4, 0.5) is 11.6 Å². The second-order valence-electron chi connectivity index (χ2n) is 6.43. The van der Waals surface area contributed by atoms with E-state index in [1.165, 1.54) is 16.5 Å². The lowest BCUT2D eigenvalue weighted by Crippen LogP contribution is -2.46. The molecule has 3 aromatic rings. The third kappa shape index (κ3) is 3.46. The van der Waals surface area contributed by atoms with Gasteiger partial charge in [0, 0.05) is 55.9 Å². The molecular formula is C19H22N6O. The number of benzene rings is 1. The van der Waals surface area contributed by atoms with Gasteiger partial charge in [0.2, 0.25) is 6.41 Å². The van der Waals surface area contributed by atoms with Gasteiger partial charge in [-0.2, -0.15) is 0 Å². The van der Waals surface area contributed by atoms with E-state index in [2.05, 4.69) is 49.6 Å². The van der Waals surface area contributed by atoms with Crippen LogP contribution in [0.3, 0.4) is 0 Å². The number of nitrogens with one attached hydrogen (secondary N) is 2. The lowest BCUT2D eigenvalue weighted by molar-refractivity contribution is -0.118. The summed E-state index contributed by atoms with van der Waals surface area (Å²) in [6.07, 6.45) is 5.50. The minimum Gasteiger partial charge on any atom is -0.370 e. The van der Waals surface area contributed by atoms with Gasteiger partial charge in [-0.3, -0.25) is 4.79 Å². The van der Waals surface area contributed by atoms with Gasteiger partial charge in [0.1, 0.15) is 18.0 Å². The van der Waals surface area contributed by atoms with Crippen molar-refractivity contribution in [2.24, 2.45) is 0 Å². The number of carbonyl (C=O) groups excluding carboxylic acids is 1. The van der Waals surface area contributed by atoms with E-state index in [1.807, 2.05) is 12.1 Å². The van der Waals surface area contributed by atoms with Crippen LogP contribution in [0.1, 0.15) is 5.56 Å². The minimum absolute atomic E-state index is 0.733. The number of fused-ring (bicyclic) bond motifs is 1. The molecular weight excluding hydrogens is 328 g/mol. The quantitative estimate of drug-likeness (QED) is 0.664. The Morgan fingerprint density at radius 2 is 2.00 bits per heavy atom. The Balaban J connectivity index is 1.36. The molecule has 0 spiro atoms. The van der Waals surface area contributed by atoms with Crippen LogP contribution in [0.25, 0.3) is 10.9 Å². The molecule has 1 aliphatic heterocycles. The predicted octanol–water partition coefficient (Wildman–Crippen LogP) is 1.89. The minimum atomic E-state index is 0.733. The molecule has 4 rings (SSSR count). The Bertz CT molecular complexity index is 884. The lowest BCUT2D eigenvalue weighted by atomic mass is 10.1. The molecule has 1 saturated heterocycles. The van der Waals surface area contributed by atoms with E-state index < -0.39 is 0 Å². The molecule has 0 bridgehead atoms. The molecule has 2 aromatic heterocycles. The molecule has 134 valence electrons. The number of aromatic amines is 1. The van der Waals surface area contributed by atoms with E-state index in [1.54, 1.807) is 11.2 Å². The fraction of sp³-hybridized carbons (Fsp3) is 0.316. The SMILES string of the molecule is O=CN1CCN(c2cc(NCCc3c[nH]c4ccccc34)ncn2)CC1. The fourth-order valence-electron chi connectivity index (χ4n) is 3.34. The number of hydrogen-bond acceptors (Lipinski definition) is 5. The number of anilines is 2. The first-order valence-corrected chi connectivity index (χ1v) is 8.89. The number of nitrogens with zero attached hydrogens (tertiary/aromatic N) is 4. The topological polar surface area (TPSA) is 77.2 Å². The second-order valence-corrected chi connectivity index (χ2v) is 6.43. The maximum absolute atomic E-state index is 10.8. The van der Waals surface area contributed by atoms with E-state index in [0.29, 0.717) is 0 Å². The number of aromatic nitrogens is 3. The Kier molecular flexibility index (Phi) is 4.68. The van der Waals surface area contributed by atoms with E-state index >= 15 is 0 Å². The highest BCUT2D eigenvalue weighted by Crippen LogP contribution is 2.19. The van der Waals surface area contributed by atoms with Gasteiger partial charge in [-0.05, 0) is 18.1 Å². The summed E-state index contributed by atoms with van der Waals surface area (Å²) in [6, 6.07) is 10.3. The first kappa shape index (κ1) is 16.4. The zero-order valence-electron chi connectivity index (χ0n) is 14.6. The molecule has 2 N–H and O–H groups in total. The summed E-state index contributed by atoms with van der Waals surface area (Å²) in [5.41, 5.74) is 2.47. The highest BCUT2D eigenvalue weighted by atomic mass is 16.1. The molecule has 0 saturated carbocycles. The van der Waals surface area contributed by atoms with Crippen molar-refractivity contribution in [2.75, 3.05) is 42.9 Å². The van der Waals surface area contributed by atoms with Gasteiger partial charge in [0.05, 0.1) is 0 Å². The normalized spacial score (nSPS) is 14.6. The van der Waals surface area contributed by atoms with Crippen LogP contribution >= 0.6 is 0 Å². The van der Waals surface area contributed by atoms with Crippen molar-refractivity contribution >= 4 is 28.9 Å². The molecule has 1 aromatic carbocycles. The Morgan fingerprint density at radius 3 is 2.85 bits per heavy atom. The van der Waals surface area contributed by atoms with Crippen LogP contribution < -0.4 is 10.2 Å². The van der Waals surface area contributed by atoms with Crippen molar-refractivity contribution in [3.05, 3.63) is 48.4 Å². The van der Waals surface area contributed by atoms with Crippen LogP contribution in [0.15, 0.2) is 42.9 Å². The average molecular weight is 350 g/mol.